The summed E-state index contributed by atoms with van der Waals surface area (Å²) in [7, 11) is 0. The van der Waals surface area contributed by atoms with Gasteiger partial charge in [0.05, 0.1) is 0 Å². The molecule has 0 heterocycles. The van der Waals surface area contributed by atoms with Crippen molar-refractivity contribution in [2.45, 2.75) is 103 Å². The number of aryl methyl sites for hydroxylation is 1. The molecule has 4 N–H and O–H groups in total. The van der Waals surface area contributed by atoms with Crippen molar-refractivity contribution >= 4 is 11.9 Å². The fourth-order valence-corrected chi connectivity index (χ4v) is 4.09. The molecule has 0 atom stereocenters. The second kappa shape index (κ2) is 19.2. The molecule has 0 fully saturated rings. The highest BCUT2D eigenvalue weighted by Crippen LogP contribution is 2.20. The summed E-state index contributed by atoms with van der Waals surface area (Å²) in [5, 5.41) is 35.8. The third-order valence-corrected chi connectivity index (χ3v) is 6.24. The first-order chi connectivity index (χ1) is 17.4. The molecule has 0 aliphatic rings. The molecule has 0 saturated carbocycles. The van der Waals surface area contributed by atoms with Gasteiger partial charge in [-0.05, 0) is 42.7 Å². The van der Waals surface area contributed by atoms with E-state index >= 15 is 0 Å². The van der Waals surface area contributed by atoms with Gasteiger partial charge < -0.3 is 20.4 Å². The smallest absolute Gasteiger partial charge is 0.339 e. The van der Waals surface area contributed by atoms with Gasteiger partial charge in [-0.3, -0.25) is 0 Å². The molecule has 0 saturated heterocycles. The third-order valence-electron chi connectivity index (χ3n) is 6.24. The first-order valence-electron chi connectivity index (χ1n) is 13.4. The average Bonchev–Trinajstić information content (AvgIpc) is 2.85. The molecule has 2 rings (SSSR count). The van der Waals surface area contributed by atoms with E-state index in [1.54, 1.807) is 18.2 Å². The Hall–Kier alpha value is -3.02. The van der Waals surface area contributed by atoms with Gasteiger partial charge >= 0.3 is 11.9 Å². The number of aromatic hydroxyl groups is 2. The number of carbonyl (C=O) groups is 2. The molecule has 0 bridgehead atoms. The van der Waals surface area contributed by atoms with E-state index in [9.17, 15) is 14.7 Å². The summed E-state index contributed by atoms with van der Waals surface area (Å²) in [4.78, 5) is 21.3. The number of unbranched alkanes of at least 4 members (excludes halogenated alkanes) is 13. The zero-order valence-electron chi connectivity index (χ0n) is 21.8. The Morgan fingerprint density at radius 3 is 1.47 bits per heavy atom. The third kappa shape index (κ3) is 13.8. The van der Waals surface area contributed by atoms with Crippen molar-refractivity contribution in [2.75, 3.05) is 0 Å². The van der Waals surface area contributed by atoms with Gasteiger partial charge in [-0.25, -0.2) is 9.59 Å². The minimum Gasteiger partial charge on any atom is -0.507 e. The Morgan fingerprint density at radius 2 is 1.03 bits per heavy atom. The lowest BCUT2D eigenvalue weighted by atomic mass is 10.0. The molecule has 0 aliphatic carbocycles. The van der Waals surface area contributed by atoms with Crippen molar-refractivity contribution < 1.29 is 30.0 Å². The molecule has 0 aromatic heterocycles. The van der Waals surface area contributed by atoms with Crippen LogP contribution in [-0.2, 0) is 6.42 Å². The van der Waals surface area contributed by atoms with Crippen LogP contribution >= 0.6 is 0 Å². The number of para-hydroxylation sites is 1. The van der Waals surface area contributed by atoms with Gasteiger partial charge in [0, 0.05) is 0 Å². The summed E-state index contributed by atoms with van der Waals surface area (Å²) < 4.78 is 0. The van der Waals surface area contributed by atoms with Crippen LogP contribution in [0.2, 0.25) is 0 Å². The highest BCUT2D eigenvalue weighted by Gasteiger charge is 2.10. The van der Waals surface area contributed by atoms with Crippen molar-refractivity contribution in [2.24, 2.45) is 0 Å². The molecular formula is C30H44O6. The van der Waals surface area contributed by atoms with Crippen LogP contribution in [0.4, 0.5) is 0 Å². The number of carboxylic acid groups (broad SMARTS) is 2. The Kier molecular flexibility index (Phi) is 16.5. The molecule has 200 valence electrons. The van der Waals surface area contributed by atoms with Gasteiger partial charge in [-0.15, -0.1) is 0 Å². The van der Waals surface area contributed by atoms with E-state index in [4.69, 9.17) is 15.3 Å². The van der Waals surface area contributed by atoms with E-state index < -0.39 is 11.9 Å². The van der Waals surface area contributed by atoms with Crippen molar-refractivity contribution in [3.8, 4) is 11.5 Å². The SMILES string of the molecule is CCCCCCCCCCCCCCCCc1ccc(O)c(C(=O)O)c1.O=C(O)c1ccccc1O. The summed E-state index contributed by atoms with van der Waals surface area (Å²) >= 11 is 0. The van der Waals surface area contributed by atoms with Crippen molar-refractivity contribution in [1.29, 1.82) is 0 Å². The molecule has 0 radical (unpaired) electrons. The lowest BCUT2D eigenvalue weighted by molar-refractivity contribution is 0.0682. The molecule has 0 spiro atoms. The van der Waals surface area contributed by atoms with E-state index in [0.717, 1.165) is 18.4 Å². The zero-order valence-corrected chi connectivity index (χ0v) is 21.8. The van der Waals surface area contributed by atoms with Gasteiger partial charge in [-0.2, -0.15) is 0 Å². The zero-order chi connectivity index (χ0) is 26.6. The Labute approximate surface area is 216 Å². The van der Waals surface area contributed by atoms with Crippen molar-refractivity contribution in [1.82, 2.24) is 0 Å². The van der Waals surface area contributed by atoms with Gasteiger partial charge in [0.15, 0.2) is 0 Å². The molecular weight excluding hydrogens is 456 g/mol. The van der Waals surface area contributed by atoms with Crippen LogP contribution in [0, 0.1) is 0 Å². The van der Waals surface area contributed by atoms with E-state index in [2.05, 4.69) is 6.92 Å². The predicted molar refractivity (Wildman–Crippen MR) is 144 cm³/mol. The van der Waals surface area contributed by atoms with Crippen LogP contribution in [0.5, 0.6) is 11.5 Å². The number of aromatic carboxylic acids is 2. The molecule has 0 aliphatic heterocycles. The summed E-state index contributed by atoms with van der Waals surface area (Å²) in [6.07, 6.45) is 19.6. The maximum atomic E-state index is 11.0. The molecule has 0 amide bonds. The molecule has 6 heteroatoms. The summed E-state index contributed by atoms with van der Waals surface area (Å²) in [6.45, 7) is 2.27. The van der Waals surface area contributed by atoms with Gasteiger partial charge in [-0.1, -0.05) is 109 Å². The molecule has 2 aromatic rings. The Morgan fingerprint density at radius 1 is 0.583 bits per heavy atom. The van der Waals surface area contributed by atoms with Crippen molar-refractivity contribution in [3.05, 3.63) is 59.2 Å². The average molecular weight is 501 g/mol. The number of benzene rings is 2. The number of carboxylic acids is 2. The largest absolute Gasteiger partial charge is 0.507 e. The topological polar surface area (TPSA) is 115 Å². The second-order valence-corrected chi connectivity index (χ2v) is 9.33. The molecule has 36 heavy (non-hydrogen) atoms. The minimum atomic E-state index is -1.11. The number of hydrogen-bond acceptors (Lipinski definition) is 4. The van der Waals surface area contributed by atoms with E-state index in [1.165, 1.54) is 102 Å². The maximum Gasteiger partial charge on any atom is 0.339 e. The lowest BCUT2D eigenvalue weighted by Crippen LogP contribution is -1.98. The van der Waals surface area contributed by atoms with Gasteiger partial charge in [0.25, 0.3) is 0 Å². The van der Waals surface area contributed by atoms with Crippen LogP contribution in [-0.4, -0.2) is 32.4 Å². The van der Waals surface area contributed by atoms with Gasteiger partial charge in [0.2, 0.25) is 0 Å². The first kappa shape index (κ1) is 31.0. The van der Waals surface area contributed by atoms with Crippen LogP contribution in [0.1, 0.15) is 123 Å². The number of phenols is 2. The number of hydrogen-bond donors (Lipinski definition) is 4. The lowest BCUT2D eigenvalue weighted by Gasteiger charge is -2.05. The number of rotatable bonds is 17. The van der Waals surface area contributed by atoms with Crippen LogP contribution in [0.3, 0.4) is 0 Å². The monoisotopic (exact) mass is 500 g/mol. The van der Waals surface area contributed by atoms with E-state index in [0.29, 0.717) is 0 Å². The highest BCUT2D eigenvalue weighted by molar-refractivity contribution is 5.91. The van der Waals surface area contributed by atoms with Crippen LogP contribution in [0.25, 0.3) is 0 Å². The maximum absolute atomic E-state index is 11.0. The van der Waals surface area contributed by atoms with Crippen LogP contribution in [0.15, 0.2) is 42.5 Å². The summed E-state index contributed by atoms with van der Waals surface area (Å²) in [6, 6.07) is 10.7. The first-order valence-corrected chi connectivity index (χ1v) is 13.4. The highest BCUT2D eigenvalue weighted by atomic mass is 16.4. The summed E-state index contributed by atoms with van der Waals surface area (Å²) in [5.41, 5.74) is 0.939. The second-order valence-electron chi connectivity index (χ2n) is 9.33. The summed E-state index contributed by atoms with van der Waals surface area (Å²) in [5.74, 6) is -2.53. The van der Waals surface area contributed by atoms with E-state index in [-0.39, 0.29) is 22.6 Å². The standard InChI is InChI=1S/C23H38O3.C7H6O3/c1-2-3-4-5-6-7-8-9-10-11-12-13-14-15-16-20-17-18-22(24)21(19-20)23(25)26;8-6-4-2-1-3-5(6)7(9)10/h17-19,24H,2-16H2,1H3,(H,25,26);1-4,8H,(H,9,10). The molecule has 0 unspecified atom stereocenters. The minimum absolute atomic E-state index is 0.00728. The molecule has 2 aromatic carbocycles. The normalized spacial score (nSPS) is 10.5. The van der Waals surface area contributed by atoms with Gasteiger partial charge in [0.1, 0.15) is 22.6 Å². The van der Waals surface area contributed by atoms with Crippen LogP contribution < -0.4 is 0 Å². The predicted octanol–water partition coefficient (Wildman–Crippen LogP) is 8.20. The Balaban J connectivity index is 0.000000537. The fraction of sp³-hybridized carbons (Fsp3) is 0.533. The van der Waals surface area contributed by atoms with E-state index in [1.807, 2.05) is 6.07 Å². The van der Waals surface area contributed by atoms with Crippen molar-refractivity contribution in [3.63, 3.8) is 0 Å². The molecule has 6 nitrogen and oxygen atoms in total. The Bertz CT molecular complexity index is 893. The fourth-order valence-electron chi connectivity index (χ4n) is 4.09. The quantitative estimate of drug-likeness (QED) is 0.163.